The first-order chi connectivity index (χ1) is 6.54. The molecule has 0 fully saturated rings. The molecule has 14 heavy (non-hydrogen) atoms. The third-order valence-electron chi connectivity index (χ3n) is 1.75. The number of carbonyl (C=O) groups excluding carboxylic acids is 1. The van der Waals surface area contributed by atoms with E-state index in [1.54, 1.807) is 6.92 Å². The molecule has 1 aromatic rings. The molecule has 76 valence electrons. The molecule has 2 nitrogen and oxygen atoms in total. The largest absolute Gasteiger partial charge is 0.490 e. The molecule has 0 aromatic heterocycles. The Kier molecular flexibility index (Phi) is 3.23. The van der Waals surface area contributed by atoms with Gasteiger partial charge in [-0.3, -0.25) is 4.79 Å². The minimum absolute atomic E-state index is 0.0298. The van der Waals surface area contributed by atoms with Crippen LogP contribution in [0.4, 0.5) is 4.39 Å². The second kappa shape index (κ2) is 4.22. The molecule has 0 aliphatic carbocycles. The van der Waals surface area contributed by atoms with Crippen molar-refractivity contribution in [1.82, 2.24) is 0 Å². The van der Waals surface area contributed by atoms with Gasteiger partial charge in [0.15, 0.2) is 6.29 Å². The number of benzene rings is 1. The smallest absolute Gasteiger partial charge is 0.153 e. The van der Waals surface area contributed by atoms with E-state index in [0.717, 1.165) is 0 Å². The number of hydrogen-bond acceptors (Lipinski definition) is 2. The molecular formula is C11H13FO2. The lowest BCUT2D eigenvalue weighted by atomic mass is 10.1. The van der Waals surface area contributed by atoms with Crippen LogP contribution in [0.25, 0.3) is 0 Å². The van der Waals surface area contributed by atoms with Crippen molar-refractivity contribution in [3.8, 4) is 5.75 Å². The van der Waals surface area contributed by atoms with Crippen LogP contribution in [0.1, 0.15) is 29.8 Å². The molecule has 0 unspecified atom stereocenters. The van der Waals surface area contributed by atoms with Gasteiger partial charge < -0.3 is 4.74 Å². The van der Waals surface area contributed by atoms with Crippen molar-refractivity contribution in [3.05, 3.63) is 29.1 Å². The van der Waals surface area contributed by atoms with Crippen LogP contribution in [0, 0.1) is 12.7 Å². The van der Waals surface area contributed by atoms with Gasteiger partial charge in [-0.05, 0) is 38.5 Å². The molecule has 0 N–H and O–H groups in total. The van der Waals surface area contributed by atoms with E-state index in [1.165, 1.54) is 12.1 Å². The summed E-state index contributed by atoms with van der Waals surface area (Å²) in [4.78, 5) is 10.7. The van der Waals surface area contributed by atoms with E-state index in [2.05, 4.69) is 0 Å². The Hall–Kier alpha value is -1.38. The van der Waals surface area contributed by atoms with Crippen molar-refractivity contribution < 1.29 is 13.9 Å². The first-order valence-corrected chi connectivity index (χ1v) is 4.46. The molecule has 0 saturated carbocycles. The van der Waals surface area contributed by atoms with Gasteiger partial charge >= 0.3 is 0 Å². The van der Waals surface area contributed by atoms with Crippen molar-refractivity contribution in [1.29, 1.82) is 0 Å². The van der Waals surface area contributed by atoms with Gasteiger partial charge in [0.05, 0.1) is 11.7 Å². The SMILES string of the molecule is Cc1cc(F)cc(C=O)c1OC(C)C. The Balaban J connectivity index is 3.18. The fraction of sp³-hybridized carbons (Fsp3) is 0.364. The van der Waals surface area contributed by atoms with Crippen LogP contribution in [0.2, 0.25) is 0 Å². The van der Waals surface area contributed by atoms with Crippen LogP contribution in [-0.4, -0.2) is 12.4 Å². The van der Waals surface area contributed by atoms with E-state index < -0.39 is 5.82 Å². The monoisotopic (exact) mass is 196 g/mol. The van der Waals surface area contributed by atoms with Gasteiger partial charge in [0.1, 0.15) is 11.6 Å². The van der Waals surface area contributed by atoms with Crippen molar-refractivity contribution in [2.75, 3.05) is 0 Å². The standard InChI is InChI=1S/C11H13FO2/c1-7(2)14-11-8(3)4-10(12)5-9(11)6-13/h4-7H,1-3H3. The summed E-state index contributed by atoms with van der Waals surface area (Å²) in [6.45, 7) is 5.43. The normalized spacial score (nSPS) is 10.4. The van der Waals surface area contributed by atoms with Crippen LogP contribution in [0.15, 0.2) is 12.1 Å². The molecule has 0 aliphatic rings. The minimum Gasteiger partial charge on any atom is -0.490 e. The summed E-state index contributed by atoms with van der Waals surface area (Å²) in [5.41, 5.74) is 0.900. The third kappa shape index (κ3) is 2.31. The number of rotatable bonds is 3. The van der Waals surface area contributed by atoms with E-state index >= 15 is 0 Å². The number of halogens is 1. The highest BCUT2D eigenvalue weighted by molar-refractivity contribution is 5.80. The van der Waals surface area contributed by atoms with Crippen LogP contribution in [0.3, 0.4) is 0 Å². The Bertz CT molecular complexity index is 345. The van der Waals surface area contributed by atoms with E-state index in [4.69, 9.17) is 4.74 Å². The number of aldehydes is 1. The van der Waals surface area contributed by atoms with Gasteiger partial charge in [0.25, 0.3) is 0 Å². The summed E-state index contributed by atoms with van der Waals surface area (Å²) >= 11 is 0. The van der Waals surface area contributed by atoms with E-state index in [0.29, 0.717) is 17.6 Å². The summed E-state index contributed by atoms with van der Waals surface area (Å²) in [5, 5.41) is 0. The highest BCUT2D eigenvalue weighted by atomic mass is 19.1. The molecule has 0 atom stereocenters. The van der Waals surface area contributed by atoms with Crippen molar-refractivity contribution in [3.63, 3.8) is 0 Å². The number of aryl methyl sites for hydroxylation is 1. The minimum atomic E-state index is -0.416. The maximum atomic E-state index is 12.9. The Morgan fingerprint density at radius 2 is 2.07 bits per heavy atom. The summed E-state index contributed by atoms with van der Waals surface area (Å²) in [5.74, 6) is 0.0529. The van der Waals surface area contributed by atoms with Crippen molar-refractivity contribution >= 4 is 6.29 Å². The second-order valence-electron chi connectivity index (χ2n) is 3.43. The zero-order valence-electron chi connectivity index (χ0n) is 8.50. The van der Waals surface area contributed by atoms with Crippen molar-refractivity contribution in [2.45, 2.75) is 26.9 Å². The van der Waals surface area contributed by atoms with Crippen molar-refractivity contribution in [2.24, 2.45) is 0 Å². The topological polar surface area (TPSA) is 26.3 Å². The summed E-state index contributed by atoms with van der Waals surface area (Å²) in [6.07, 6.45) is 0.575. The highest BCUT2D eigenvalue weighted by Gasteiger charge is 2.10. The zero-order chi connectivity index (χ0) is 10.7. The molecule has 0 amide bonds. The average Bonchev–Trinajstić information content (AvgIpc) is 2.08. The lowest BCUT2D eigenvalue weighted by molar-refractivity contribution is 0.111. The Morgan fingerprint density at radius 1 is 1.43 bits per heavy atom. The van der Waals surface area contributed by atoms with E-state index in [1.807, 2.05) is 13.8 Å². The van der Waals surface area contributed by atoms with Gasteiger partial charge in [-0.25, -0.2) is 4.39 Å². The average molecular weight is 196 g/mol. The first-order valence-electron chi connectivity index (χ1n) is 4.46. The number of ether oxygens (including phenoxy) is 1. The molecule has 3 heteroatoms. The van der Waals surface area contributed by atoms with Crippen LogP contribution in [0.5, 0.6) is 5.75 Å². The predicted octanol–water partition coefficient (Wildman–Crippen LogP) is 2.73. The molecule has 0 saturated heterocycles. The summed E-state index contributed by atoms with van der Waals surface area (Å²) in [7, 11) is 0. The second-order valence-corrected chi connectivity index (χ2v) is 3.43. The quantitative estimate of drug-likeness (QED) is 0.695. The van der Waals surface area contributed by atoms with Gasteiger partial charge in [0.2, 0.25) is 0 Å². The summed E-state index contributed by atoms with van der Waals surface area (Å²) < 4.78 is 18.3. The van der Waals surface area contributed by atoms with Gasteiger partial charge in [-0.15, -0.1) is 0 Å². The highest BCUT2D eigenvalue weighted by Crippen LogP contribution is 2.24. The molecule has 0 bridgehead atoms. The van der Waals surface area contributed by atoms with Crippen LogP contribution in [-0.2, 0) is 0 Å². The molecule has 1 aromatic carbocycles. The molecule has 0 heterocycles. The Labute approximate surface area is 82.7 Å². The fourth-order valence-electron chi connectivity index (χ4n) is 1.24. The molecule has 1 rings (SSSR count). The maximum absolute atomic E-state index is 12.9. The zero-order valence-corrected chi connectivity index (χ0v) is 8.50. The van der Waals surface area contributed by atoms with Crippen LogP contribution < -0.4 is 4.74 Å². The molecule has 0 aliphatic heterocycles. The Morgan fingerprint density at radius 3 is 2.57 bits per heavy atom. The lowest BCUT2D eigenvalue weighted by Gasteiger charge is -2.14. The fourth-order valence-corrected chi connectivity index (χ4v) is 1.24. The number of hydrogen-bond donors (Lipinski definition) is 0. The predicted molar refractivity (Wildman–Crippen MR) is 52.3 cm³/mol. The van der Waals surface area contributed by atoms with Crippen LogP contribution >= 0.6 is 0 Å². The molecular weight excluding hydrogens is 183 g/mol. The number of carbonyl (C=O) groups is 1. The third-order valence-corrected chi connectivity index (χ3v) is 1.75. The van der Waals surface area contributed by atoms with E-state index in [9.17, 15) is 9.18 Å². The molecule has 0 radical (unpaired) electrons. The first kappa shape index (κ1) is 10.7. The van der Waals surface area contributed by atoms with Gasteiger partial charge in [0, 0.05) is 0 Å². The van der Waals surface area contributed by atoms with Gasteiger partial charge in [-0.2, -0.15) is 0 Å². The molecule has 0 spiro atoms. The maximum Gasteiger partial charge on any atom is 0.153 e. The summed E-state index contributed by atoms with van der Waals surface area (Å²) in [6, 6.07) is 2.53. The van der Waals surface area contributed by atoms with Gasteiger partial charge in [-0.1, -0.05) is 0 Å². The van der Waals surface area contributed by atoms with E-state index in [-0.39, 0.29) is 11.7 Å². The lowest BCUT2D eigenvalue weighted by Crippen LogP contribution is -2.09.